The van der Waals surface area contributed by atoms with Crippen molar-refractivity contribution in [2.45, 2.75) is 56.7 Å². The van der Waals surface area contributed by atoms with E-state index in [0.29, 0.717) is 5.38 Å². The second-order valence-corrected chi connectivity index (χ2v) is 6.41. The van der Waals surface area contributed by atoms with Crippen molar-refractivity contribution < 1.29 is 0 Å². The fourth-order valence-corrected chi connectivity index (χ4v) is 3.90. The summed E-state index contributed by atoms with van der Waals surface area (Å²) in [5.74, 6) is 0.825. The summed E-state index contributed by atoms with van der Waals surface area (Å²) in [7, 11) is 0. The summed E-state index contributed by atoms with van der Waals surface area (Å²) in [6.07, 6.45) is 10.3. The molecule has 0 heterocycles. The Balaban J connectivity index is 1.68. The molecule has 1 aromatic rings. The third-order valence-corrected chi connectivity index (χ3v) is 4.80. The van der Waals surface area contributed by atoms with Crippen molar-refractivity contribution in [2.75, 3.05) is 0 Å². The number of benzene rings is 1. The molecule has 0 radical (unpaired) electrons. The maximum Gasteiger partial charge on any atom is 0.0338 e. The Labute approximate surface area is 109 Å². The van der Waals surface area contributed by atoms with Gasteiger partial charge in [-0.25, -0.2) is 0 Å². The summed E-state index contributed by atoms with van der Waals surface area (Å²) in [5, 5.41) is 0.433. The molecule has 0 N–H and O–H groups in total. The predicted octanol–water partition coefficient (Wildman–Crippen LogP) is 4.52. The Bertz CT molecular complexity index is 397. The minimum Gasteiger partial charge on any atom is -0.123 e. The molecular weight excluding hydrogens is 228 g/mol. The van der Waals surface area contributed by atoms with Crippen LogP contribution < -0.4 is 0 Å². The number of fused-ring (bicyclic) bond motifs is 1. The van der Waals surface area contributed by atoms with E-state index in [1.807, 2.05) is 0 Å². The SMILES string of the molecule is ClC1CCCC(Cc2ccc3c(c2)CCC3)C1. The fourth-order valence-electron chi connectivity index (χ4n) is 3.50. The minimum atomic E-state index is 0.433. The largest absolute Gasteiger partial charge is 0.123 e. The van der Waals surface area contributed by atoms with Gasteiger partial charge in [0.05, 0.1) is 0 Å². The van der Waals surface area contributed by atoms with E-state index in [4.69, 9.17) is 11.6 Å². The van der Waals surface area contributed by atoms with Gasteiger partial charge in [-0.3, -0.25) is 0 Å². The lowest BCUT2D eigenvalue weighted by atomic mass is 9.84. The van der Waals surface area contributed by atoms with Crippen LogP contribution in [-0.2, 0) is 19.3 Å². The molecule has 0 saturated heterocycles. The summed E-state index contributed by atoms with van der Waals surface area (Å²) in [4.78, 5) is 0. The first-order valence-corrected chi connectivity index (χ1v) is 7.49. The molecule has 0 bridgehead atoms. The van der Waals surface area contributed by atoms with Crippen LogP contribution in [0.1, 0.15) is 48.8 Å². The third kappa shape index (κ3) is 2.68. The molecule has 92 valence electrons. The van der Waals surface area contributed by atoms with E-state index in [1.165, 1.54) is 51.4 Å². The first-order valence-electron chi connectivity index (χ1n) is 7.06. The lowest BCUT2D eigenvalue weighted by Crippen LogP contribution is -2.17. The monoisotopic (exact) mass is 248 g/mol. The first-order chi connectivity index (χ1) is 8.31. The van der Waals surface area contributed by atoms with E-state index in [0.717, 1.165) is 5.92 Å². The molecule has 17 heavy (non-hydrogen) atoms. The van der Waals surface area contributed by atoms with Gasteiger partial charge in [-0.2, -0.15) is 0 Å². The highest BCUT2D eigenvalue weighted by Gasteiger charge is 2.21. The van der Waals surface area contributed by atoms with Crippen molar-refractivity contribution in [3.63, 3.8) is 0 Å². The summed E-state index contributed by atoms with van der Waals surface area (Å²) in [6.45, 7) is 0. The quantitative estimate of drug-likeness (QED) is 0.676. The van der Waals surface area contributed by atoms with Crippen LogP contribution in [0.4, 0.5) is 0 Å². The lowest BCUT2D eigenvalue weighted by molar-refractivity contribution is 0.361. The van der Waals surface area contributed by atoms with Crippen molar-refractivity contribution in [3.8, 4) is 0 Å². The molecule has 2 aliphatic rings. The Hall–Kier alpha value is -0.490. The van der Waals surface area contributed by atoms with Gasteiger partial charge in [0, 0.05) is 5.38 Å². The Morgan fingerprint density at radius 1 is 1.06 bits per heavy atom. The third-order valence-electron chi connectivity index (χ3n) is 4.41. The van der Waals surface area contributed by atoms with Crippen LogP contribution in [0.15, 0.2) is 18.2 Å². The predicted molar refractivity (Wildman–Crippen MR) is 73.8 cm³/mol. The highest BCUT2D eigenvalue weighted by atomic mass is 35.5. The van der Waals surface area contributed by atoms with Gasteiger partial charge in [0.15, 0.2) is 0 Å². The molecule has 1 heteroatoms. The zero-order valence-corrected chi connectivity index (χ0v) is 11.2. The molecular formula is C16H21Cl. The van der Waals surface area contributed by atoms with Crippen molar-refractivity contribution in [3.05, 3.63) is 34.9 Å². The standard InChI is InChI=1S/C16H21Cl/c17-16-6-1-3-12(11-16)9-13-7-8-14-4-2-5-15(14)10-13/h7-8,10,12,16H,1-6,9,11H2. The molecule has 2 unspecified atom stereocenters. The number of aryl methyl sites for hydroxylation is 2. The highest BCUT2D eigenvalue weighted by molar-refractivity contribution is 6.20. The van der Waals surface area contributed by atoms with E-state index < -0.39 is 0 Å². The summed E-state index contributed by atoms with van der Waals surface area (Å²) in [5.41, 5.74) is 4.75. The van der Waals surface area contributed by atoms with E-state index in [-0.39, 0.29) is 0 Å². The minimum absolute atomic E-state index is 0.433. The van der Waals surface area contributed by atoms with E-state index in [2.05, 4.69) is 18.2 Å². The average Bonchev–Trinajstić information content (AvgIpc) is 2.76. The van der Waals surface area contributed by atoms with E-state index in [9.17, 15) is 0 Å². The number of hydrogen-bond donors (Lipinski definition) is 0. The smallest absolute Gasteiger partial charge is 0.0338 e. The molecule has 0 aromatic heterocycles. The van der Waals surface area contributed by atoms with Crippen LogP contribution in [0, 0.1) is 5.92 Å². The molecule has 0 nitrogen and oxygen atoms in total. The summed E-state index contributed by atoms with van der Waals surface area (Å²) in [6, 6.07) is 7.17. The van der Waals surface area contributed by atoms with Crippen LogP contribution in [-0.4, -0.2) is 5.38 Å². The van der Waals surface area contributed by atoms with Gasteiger partial charge in [0.25, 0.3) is 0 Å². The van der Waals surface area contributed by atoms with Gasteiger partial charge in [0.2, 0.25) is 0 Å². The second-order valence-electron chi connectivity index (χ2n) is 5.79. The van der Waals surface area contributed by atoms with Gasteiger partial charge in [-0.1, -0.05) is 31.0 Å². The van der Waals surface area contributed by atoms with Crippen molar-refractivity contribution in [2.24, 2.45) is 5.92 Å². The van der Waals surface area contributed by atoms with Gasteiger partial charge in [-0.05, 0) is 61.1 Å². The fraction of sp³-hybridized carbons (Fsp3) is 0.625. The zero-order chi connectivity index (χ0) is 11.7. The zero-order valence-electron chi connectivity index (χ0n) is 10.4. The van der Waals surface area contributed by atoms with Crippen LogP contribution in [0.5, 0.6) is 0 Å². The molecule has 0 spiro atoms. The molecule has 1 aromatic carbocycles. The number of rotatable bonds is 2. The molecule has 1 fully saturated rings. The van der Waals surface area contributed by atoms with Gasteiger partial charge in [0.1, 0.15) is 0 Å². The lowest BCUT2D eigenvalue weighted by Gasteiger charge is -2.25. The van der Waals surface area contributed by atoms with Crippen molar-refractivity contribution >= 4 is 11.6 Å². The molecule has 2 atom stereocenters. The second kappa shape index (κ2) is 5.02. The van der Waals surface area contributed by atoms with Gasteiger partial charge in [-0.15, -0.1) is 11.6 Å². The van der Waals surface area contributed by atoms with Gasteiger partial charge < -0.3 is 0 Å². The maximum absolute atomic E-state index is 6.27. The van der Waals surface area contributed by atoms with Crippen LogP contribution in [0.25, 0.3) is 0 Å². The maximum atomic E-state index is 6.27. The molecule has 0 amide bonds. The molecule has 3 rings (SSSR count). The van der Waals surface area contributed by atoms with Crippen LogP contribution >= 0.6 is 11.6 Å². The van der Waals surface area contributed by atoms with Crippen LogP contribution in [0.2, 0.25) is 0 Å². The summed E-state index contributed by atoms with van der Waals surface area (Å²) < 4.78 is 0. The van der Waals surface area contributed by atoms with E-state index >= 15 is 0 Å². The molecule has 0 aliphatic heterocycles. The molecule has 1 saturated carbocycles. The average molecular weight is 249 g/mol. The summed E-state index contributed by atoms with van der Waals surface area (Å²) >= 11 is 6.27. The van der Waals surface area contributed by atoms with Crippen molar-refractivity contribution in [1.29, 1.82) is 0 Å². The topological polar surface area (TPSA) is 0 Å². The van der Waals surface area contributed by atoms with Crippen molar-refractivity contribution in [1.82, 2.24) is 0 Å². The Morgan fingerprint density at radius 3 is 2.82 bits per heavy atom. The van der Waals surface area contributed by atoms with E-state index in [1.54, 1.807) is 16.7 Å². The number of halogens is 1. The highest BCUT2D eigenvalue weighted by Crippen LogP contribution is 2.31. The van der Waals surface area contributed by atoms with Gasteiger partial charge >= 0.3 is 0 Å². The number of alkyl halides is 1. The normalized spacial score (nSPS) is 28.1. The number of hydrogen-bond acceptors (Lipinski definition) is 0. The first kappa shape index (κ1) is 11.6. The van der Waals surface area contributed by atoms with Crippen LogP contribution in [0.3, 0.4) is 0 Å². The molecule has 2 aliphatic carbocycles. The Morgan fingerprint density at radius 2 is 1.94 bits per heavy atom. The Kier molecular flexibility index (Phi) is 3.42.